The Balaban J connectivity index is 2.64. The minimum Gasteiger partial charge on any atom is -0.383 e. The summed E-state index contributed by atoms with van der Waals surface area (Å²) in [4.78, 5) is 0. The van der Waals surface area contributed by atoms with E-state index in [0.717, 1.165) is 24.3 Å². The maximum Gasteiger partial charge on any atom is 0.266 e. The molecule has 0 saturated heterocycles. The molecule has 4 N–H and O–H groups in total. The van der Waals surface area contributed by atoms with Crippen LogP contribution in [-0.2, 0) is 10.1 Å². The maximum atomic E-state index is 11.0. The average Bonchev–Trinajstić information content (AvgIpc) is 2.20. The summed E-state index contributed by atoms with van der Waals surface area (Å²) >= 11 is 1.66. The Morgan fingerprint density at radius 3 is 2.61 bits per heavy atom. The Morgan fingerprint density at radius 1 is 1.56 bits per heavy atom. The van der Waals surface area contributed by atoms with E-state index in [1.807, 2.05) is 6.26 Å². The van der Waals surface area contributed by atoms with Gasteiger partial charge in [0.2, 0.25) is 0 Å². The van der Waals surface area contributed by atoms with Crippen LogP contribution in [0.2, 0.25) is 0 Å². The van der Waals surface area contributed by atoms with E-state index in [9.17, 15) is 8.42 Å². The highest BCUT2D eigenvalue weighted by Crippen LogP contribution is 2.27. The lowest BCUT2D eigenvalue weighted by atomic mass is 9.90. The smallest absolute Gasteiger partial charge is 0.266 e. The van der Waals surface area contributed by atoms with Gasteiger partial charge in [-0.2, -0.15) is 20.2 Å². The third-order valence-electron chi connectivity index (χ3n) is 3.05. The predicted octanol–water partition coefficient (Wildman–Crippen LogP) is 0.982. The summed E-state index contributed by atoms with van der Waals surface area (Å²) in [5.41, 5.74) is 7.93. The van der Waals surface area contributed by atoms with E-state index in [1.54, 1.807) is 11.8 Å². The molecule has 1 aliphatic rings. The summed E-state index contributed by atoms with van der Waals surface area (Å²) in [6.45, 7) is 0.399. The Hall–Kier alpha value is -0.240. The summed E-state index contributed by atoms with van der Waals surface area (Å²) in [7, 11) is -3.96. The fourth-order valence-electron chi connectivity index (χ4n) is 1.92. The van der Waals surface area contributed by atoms with Crippen molar-refractivity contribution in [3.05, 3.63) is 11.3 Å². The van der Waals surface area contributed by atoms with Crippen LogP contribution in [-0.4, -0.2) is 43.3 Å². The van der Waals surface area contributed by atoms with Gasteiger partial charge in [0.1, 0.15) is 0 Å². The predicted molar refractivity (Wildman–Crippen MR) is 76.3 cm³/mol. The first-order chi connectivity index (χ1) is 8.46. The van der Waals surface area contributed by atoms with Gasteiger partial charge in [0, 0.05) is 18.3 Å². The van der Waals surface area contributed by atoms with E-state index in [2.05, 4.69) is 5.32 Å². The Kier molecular flexibility index (Phi) is 6.48. The molecule has 0 aliphatic heterocycles. The lowest BCUT2D eigenvalue weighted by molar-refractivity contribution is 0.466. The standard InChI is InChI=1S/C11H22N2O3S2/c1-17-6-5-10(8-18(14,15)16)13-11(7-12)9-3-2-4-9/h10,13H,2-8,12H2,1H3,(H,14,15,16)/t10-/m0/s1. The first-order valence-corrected chi connectivity index (χ1v) is 9.08. The fraction of sp³-hybridized carbons (Fsp3) is 0.818. The van der Waals surface area contributed by atoms with Crippen molar-refractivity contribution in [2.75, 3.05) is 24.3 Å². The lowest BCUT2D eigenvalue weighted by Crippen LogP contribution is -2.38. The van der Waals surface area contributed by atoms with Gasteiger partial charge in [-0.15, -0.1) is 0 Å². The summed E-state index contributed by atoms with van der Waals surface area (Å²) in [6, 6.07) is -0.265. The zero-order valence-corrected chi connectivity index (χ0v) is 12.3. The van der Waals surface area contributed by atoms with E-state index in [-0.39, 0.29) is 11.8 Å². The molecule has 1 aliphatic carbocycles. The Bertz CT molecular complexity index is 387. The molecular weight excluding hydrogens is 272 g/mol. The number of thioether (sulfide) groups is 1. The van der Waals surface area contributed by atoms with E-state index < -0.39 is 10.1 Å². The summed E-state index contributed by atoms with van der Waals surface area (Å²) in [6.07, 6.45) is 5.92. The molecule has 0 unspecified atom stereocenters. The molecule has 7 heteroatoms. The monoisotopic (exact) mass is 294 g/mol. The van der Waals surface area contributed by atoms with Gasteiger partial charge in [0.15, 0.2) is 0 Å². The fourth-order valence-corrected chi connectivity index (χ4v) is 3.20. The summed E-state index contributed by atoms with van der Waals surface area (Å²) in [5.74, 6) is 0.588. The Morgan fingerprint density at radius 2 is 2.22 bits per heavy atom. The number of rotatable bonds is 8. The van der Waals surface area contributed by atoms with Gasteiger partial charge in [0.05, 0.1) is 5.75 Å². The number of hydrogen-bond donors (Lipinski definition) is 3. The molecule has 1 saturated carbocycles. The molecule has 5 nitrogen and oxygen atoms in total. The minimum atomic E-state index is -3.96. The van der Waals surface area contributed by atoms with Gasteiger partial charge < -0.3 is 11.1 Å². The molecule has 1 fully saturated rings. The van der Waals surface area contributed by atoms with E-state index in [1.165, 1.54) is 12.0 Å². The Labute approximate surface area is 113 Å². The normalized spacial score (nSPS) is 17.2. The van der Waals surface area contributed by atoms with Crippen molar-refractivity contribution in [3.63, 3.8) is 0 Å². The highest BCUT2D eigenvalue weighted by Gasteiger charge is 2.20. The van der Waals surface area contributed by atoms with Crippen LogP contribution in [0, 0.1) is 0 Å². The van der Waals surface area contributed by atoms with Crippen molar-refractivity contribution in [2.45, 2.75) is 31.7 Å². The third kappa shape index (κ3) is 5.60. The maximum absolute atomic E-state index is 11.0. The largest absolute Gasteiger partial charge is 0.383 e. The molecule has 0 aromatic heterocycles. The molecule has 0 amide bonds. The molecular formula is C11H22N2O3S2. The second-order valence-electron chi connectivity index (χ2n) is 4.51. The first kappa shape index (κ1) is 15.8. The molecule has 0 aromatic carbocycles. The number of allylic oxidation sites excluding steroid dienone is 1. The number of nitrogens with one attached hydrogen (secondary N) is 1. The van der Waals surface area contributed by atoms with Crippen LogP contribution in [0.15, 0.2) is 11.3 Å². The zero-order valence-electron chi connectivity index (χ0n) is 10.7. The van der Waals surface area contributed by atoms with Crippen LogP contribution < -0.4 is 11.1 Å². The molecule has 0 aromatic rings. The van der Waals surface area contributed by atoms with Crippen LogP contribution >= 0.6 is 11.8 Å². The minimum absolute atomic E-state index is 0.260. The highest BCUT2D eigenvalue weighted by atomic mass is 32.2. The van der Waals surface area contributed by atoms with Gasteiger partial charge in [-0.25, -0.2) is 0 Å². The number of hydrogen-bond acceptors (Lipinski definition) is 5. The van der Waals surface area contributed by atoms with Gasteiger partial charge in [-0.05, 0) is 43.3 Å². The summed E-state index contributed by atoms with van der Waals surface area (Å²) in [5, 5.41) is 3.20. The van der Waals surface area contributed by atoms with Crippen LogP contribution in [0.25, 0.3) is 0 Å². The lowest BCUT2D eigenvalue weighted by Gasteiger charge is -2.26. The summed E-state index contributed by atoms with van der Waals surface area (Å²) < 4.78 is 30.9. The van der Waals surface area contributed by atoms with Crippen molar-refractivity contribution in [1.82, 2.24) is 5.32 Å². The van der Waals surface area contributed by atoms with Crippen LogP contribution in [0.4, 0.5) is 0 Å². The SMILES string of the molecule is CSCC[C@@H](CS(=O)(=O)O)NC(CN)=C1CCC1. The van der Waals surface area contributed by atoms with Gasteiger partial charge in [-0.3, -0.25) is 4.55 Å². The second-order valence-corrected chi connectivity index (χ2v) is 6.99. The molecule has 18 heavy (non-hydrogen) atoms. The van der Waals surface area contributed by atoms with Crippen molar-refractivity contribution < 1.29 is 13.0 Å². The molecule has 0 radical (unpaired) electrons. The quantitative estimate of drug-likeness (QED) is 0.578. The van der Waals surface area contributed by atoms with E-state index in [4.69, 9.17) is 10.3 Å². The molecule has 1 atom stereocenters. The molecule has 0 heterocycles. The second kappa shape index (κ2) is 7.37. The van der Waals surface area contributed by atoms with Gasteiger partial charge in [-0.1, -0.05) is 0 Å². The van der Waals surface area contributed by atoms with E-state index >= 15 is 0 Å². The van der Waals surface area contributed by atoms with Crippen LogP contribution in [0.1, 0.15) is 25.7 Å². The molecule has 1 rings (SSSR count). The molecule has 0 spiro atoms. The highest BCUT2D eigenvalue weighted by molar-refractivity contribution is 7.98. The average molecular weight is 294 g/mol. The van der Waals surface area contributed by atoms with Crippen LogP contribution in [0.3, 0.4) is 0 Å². The van der Waals surface area contributed by atoms with Crippen molar-refractivity contribution in [2.24, 2.45) is 5.73 Å². The van der Waals surface area contributed by atoms with Gasteiger partial charge in [0.25, 0.3) is 10.1 Å². The zero-order chi connectivity index (χ0) is 13.6. The van der Waals surface area contributed by atoms with Crippen molar-refractivity contribution in [1.29, 1.82) is 0 Å². The van der Waals surface area contributed by atoms with Crippen LogP contribution in [0.5, 0.6) is 0 Å². The van der Waals surface area contributed by atoms with Gasteiger partial charge >= 0.3 is 0 Å². The molecule has 106 valence electrons. The third-order valence-corrected chi connectivity index (χ3v) is 4.52. The number of nitrogens with two attached hydrogens (primary N) is 1. The van der Waals surface area contributed by atoms with Crippen molar-refractivity contribution >= 4 is 21.9 Å². The first-order valence-electron chi connectivity index (χ1n) is 6.08. The van der Waals surface area contributed by atoms with Crippen molar-refractivity contribution in [3.8, 4) is 0 Å². The van der Waals surface area contributed by atoms with E-state index in [0.29, 0.717) is 13.0 Å². The molecule has 0 bridgehead atoms. The topological polar surface area (TPSA) is 92.4 Å².